The van der Waals surface area contributed by atoms with Crippen molar-refractivity contribution in [1.82, 2.24) is 4.57 Å². The number of fused-ring (bicyclic) bond motifs is 2. The molecule has 2 aromatic rings. The van der Waals surface area contributed by atoms with Crippen LogP contribution in [0, 0.1) is 0 Å². The SMILES string of the molecule is CCOC(=O)c1c2n(c(=O)c3ccccc13)[C@H](C)CO2. The Morgan fingerprint density at radius 2 is 2.10 bits per heavy atom. The van der Waals surface area contributed by atoms with Crippen LogP contribution in [0.4, 0.5) is 0 Å². The van der Waals surface area contributed by atoms with Gasteiger partial charge in [0.25, 0.3) is 5.56 Å². The van der Waals surface area contributed by atoms with Crippen molar-refractivity contribution in [3.8, 4) is 5.88 Å². The van der Waals surface area contributed by atoms with Crippen LogP contribution in [-0.2, 0) is 4.74 Å². The van der Waals surface area contributed by atoms with Gasteiger partial charge in [-0.25, -0.2) is 4.79 Å². The molecule has 0 fully saturated rings. The molecule has 3 rings (SSSR count). The van der Waals surface area contributed by atoms with Crippen molar-refractivity contribution in [3.63, 3.8) is 0 Å². The number of aromatic nitrogens is 1. The van der Waals surface area contributed by atoms with Gasteiger partial charge in [-0.1, -0.05) is 18.2 Å². The molecule has 0 unspecified atom stereocenters. The van der Waals surface area contributed by atoms with Crippen LogP contribution in [0.1, 0.15) is 30.2 Å². The second-order valence-corrected chi connectivity index (χ2v) is 4.78. The van der Waals surface area contributed by atoms with E-state index in [0.717, 1.165) is 0 Å². The Balaban J connectivity index is 2.41. The summed E-state index contributed by atoms with van der Waals surface area (Å²) in [4.78, 5) is 24.7. The number of pyridine rings is 1. The molecule has 1 aliphatic heterocycles. The lowest BCUT2D eigenvalue weighted by atomic mass is 10.1. The minimum absolute atomic E-state index is 0.0877. The van der Waals surface area contributed by atoms with Gasteiger partial charge in [0, 0.05) is 10.8 Å². The number of carbonyl (C=O) groups is 1. The number of hydrogen-bond donors (Lipinski definition) is 0. The normalized spacial score (nSPS) is 16.8. The van der Waals surface area contributed by atoms with E-state index in [2.05, 4.69) is 0 Å². The third-order valence-electron chi connectivity index (χ3n) is 3.46. The number of carbonyl (C=O) groups excluding carboxylic acids is 1. The summed E-state index contributed by atoms with van der Waals surface area (Å²) in [7, 11) is 0. The van der Waals surface area contributed by atoms with Crippen molar-refractivity contribution in [2.75, 3.05) is 13.2 Å². The fraction of sp³-hybridized carbons (Fsp3) is 0.333. The van der Waals surface area contributed by atoms with Gasteiger partial charge in [-0.2, -0.15) is 0 Å². The maximum absolute atomic E-state index is 12.5. The van der Waals surface area contributed by atoms with Gasteiger partial charge in [0.1, 0.15) is 12.2 Å². The van der Waals surface area contributed by atoms with Gasteiger partial charge >= 0.3 is 5.97 Å². The lowest BCUT2D eigenvalue weighted by molar-refractivity contribution is 0.0524. The van der Waals surface area contributed by atoms with E-state index in [0.29, 0.717) is 28.8 Å². The molecule has 0 N–H and O–H groups in total. The Bertz CT molecular complexity index is 747. The number of rotatable bonds is 2. The number of hydrogen-bond acceptors (Lipinski definition) is 4. The van der Waals surface area contributed by atoms with E-state index in [1.807, 2.05) is 6.92 Å². The summed E-state index contributed by atoms with van der Waals surface area (Å²) in [6.07, 6.45) is 0. The van der Waals surface area contributed by atoms with Crippen LogP contribution < -0.4 is 10.3 Å². The lowest BCUT2D eigenvalue weighted by Crippen LogP contribution is -2.23. The molecule has 1 atom stereocenters. The van der Waals surface area contributed by atoms with Gasteiger partial charge in [-0.3, -0.25) is 9.36 Å². The highest BCUT2D eigenvalue weighted by molar-refractivity contribution is 6.06. The molecule has 20 heavy (non-hydrogen) atoms. The first-order chi connectivity index (χ1) is 9.65. The molecule has 0 amide bonds. The quantitative estimate of drug-likeness (QED) is 0.786. The van der Waals surface area contributed by atoms with E-state index >= 15 is 0 Å². The second-order valence-electron chi connectivity index (χ2n) is 4.78. The van der Waals surface area contributed by atoms with Crippen molar-refractivity contribution < 1.29 is 14.3 Å². The molecule has 0 saturated carbocycles. The third kappa shape index (κ3) is 1.70. The van der Waals surface area contributed by atoms with Crippen LogP contribution in [0.25, 0.3) is 10.8 Å². The average molecular weight is 273 g/mol. The van der Waals surface area contributed by atoms with Crippen molar-refractivity contribution in [2.45, 2.75) is 19.9 Å². The number of benzene rings is 1. The summed E-state index contributed by atoms with van der Waals surface area (Å²) >= 11 is 0. The molecular weight excluding hydrogens is 258 g/mol. The fourth-order valence-electron chi connectivity index (χ4n) is 2.56. The third-order valence-corrected chi connectivity index (χ3v) is 3.46. The lowest BCUT2D eigenvalue weighted by Gasteiger charge is -2.12. The van der Waals surface area contributed by atoms with E-state index in [4.69, 9.17) is 9.47 Å². The monoisotopic (exact) mass is 273 g/mol. The Hall–Kier alpha value is -2.30. The summed E-state index contributed by atoms with van der Waals surface area (Å²) < 4.78 is 12.2. The van der Waals surface area contributed by atoms with Crippen LogP contribution in [0.15, 0.2) is 29.1 Å². The molecule has 5 nitrogen and oxygen atoms in total. The van der Waals surface area contributed by atoms with Gasteiger partial charge in [-0.15, -0.1) is 0 Å². The smallest absolute Gasteiger partial charge is 0.344 e. The zero-order chi connectivity index (χ0) is 14.3. The maximum Gasteiger partial charge on any atom is 0.344 e. The molecule has 0 spiro atoms. The van der Waals surface area contributed by atoms with Crippen molar-refractivity contribution >= 4 is 16.7 Å². The Kier molecular flexibility index (Phi) is 2.97. The van der Waals surface area contributed by atoms with E-state index < -0.39 is 5.97 Å². The predicted octanol–water partition coefficient (Wildman–Crippen LogP) is 2.13. The van der Waals surface area contributed by atoms with Crippen LogP contribution in [0.3, 0.4) is 0 Å². The molecule has 1 aliphatic rings. The first-order valence-corrected chi connectivity index (χ1v) is 6.62. The molecule has 0 saturated heterocycles. The molecule has 0 aliphatic carbocycles. The summed E-state index contributed by atoms with van der Waals surface area (Å²) in [5.74, 6) is -0.138. The van der Waals surface area contributed by atoms with Crippen molar-refractivity contribution in [1.29, 1.82) is 0 Å². The Morgan fingerprint density at radius 3 is 2.80 bits per heavy atom. The topological polar surface area (TPSA) is 57.5 Å². The first kappa shape index (κ1) is 12.7. The van der Waals surface area contributed by atoms with Gasteiger partial charge in [-0.05, 0) is 19.9 Å². The van der Waals surface area contributed by atoms with E-state index in [-0.39, 0.29) is 18.2 Å². The molecule has 5 heteroatoms. The summed E-state index contributed by atoms with van der Waals surface area (Å²) in [6.45, 7) is 4.31. The molecule has 1 aromatic carbocycles. The molecule has 104 valence electrons. The highest BCUT2D eigenvalue weighted by Crippen LogP contribution is 2.32. The molecule has 1 aromatic heterocycles. The Labute approximate surface area is 115 Å². The number of ether oxygens (including phenoxy) is 2. The zero-order valence-corrected chi connectivity index (χ0v) is 11.4. The van der Waals surface area contributed by atoms with Crippen LogP contribution >= 0.6 is 0 Å². The van der Waals surface area contributed by atoms with Crippen LogP contribution in [0.2, 0.25) is 0 Å². The largest absolute Gasteiger partial charge is 0.476 e. The van der Waals surface area contributed by atoms with Crippen molar-refractivity contribution in [3.05, 3.63) is 40.2 Å². The van der Waals surface area contributed by atoms with Crippen LogP contribution in [-0.4, -0.2) is 23.8 Å². The zero-order valence-electron chi connectivity index (χ0n) is 11.4. The minimum Gasteiger partial charge on any atom is -0.476 e. The van der Waals surface area contributed by atoms with E-state index in [1.165, 1.54) is 4.57 Å². The first-order valence-electron chi connectivity index (χ1n) is 6.62. The standard InChI is InChI=1S/C15H15NO4/c1-3-19-15(18)12-10-6-4-5-7-11(10)13(17)16-9(2)8-20-14(12)16/h4-7,9H,3,8H2,1-2H3/t9-/m1/s1. The number of esters is 1. The fourth-order valence-corrected chi connectivity index (χ4v) is 2.56. The summed E-state index contributed by atoms with van der Waals surface area (Å²) in [5.41, 5.74) is 0.208. The highest BCUT2D eigenvalue weighted by atomic mass is 16.5. The van der Waals surface area contributed by atoms with Crippen molar-refractivity contribution in [2.24, 2.45) is 0 Å². The number of nitrogens with zero attached hydrogens (tertiary/aromatic N) is 1. The second kappa shape index (κ2) is 4.67. The average Bonchev–Trinajstić information content (AvgIpc) is 2.82. The van der Waals surface area contributed by atoms with E-state index in [9.17, 15) is 9.59 Å². The molecular formula is C15H15NO4. The maximum atomic E-state index is 12.5. The van der Waals surface area contributed by atoms with Gasteiger partial charge in [0.2, 0.25) is 5.88 Å². The van der Waals surface area contributed by atoms with Crippen LogP contribution in [0.5, 0.6) is 5.88 Å². The Morgan fingerprint density at radius 1 is 1.40 bits per heavy atom. The predicted molar refractivity (Wildman–Crippen MR) is 74.4 cm³/mol. The van der Waals surface area contributed by atoms with Gasteiger partial charge in [0.05, 0.1) is 12.6 Å². The molecule has 2 heterocycles. The van der Waals surface area contributed by atoms with Gasteiger partial charge in [0.15, 0.2) is 0 Å². The highest BCUT2D eigenvalue weighted by Gasteiger charge is 2.30. The van der Waals surface area contributed by atoms with Gasteiger partial charge < -0.3 is 9.47 Å². The molecule has 0 bridgehead atoms. The minimum atomic E-state index is -0.457. The van der Waals surface area contributed by atoms with E-state index in [1.54, 1.807) is 31.2 Å². The molecule has 0 radical (unpaired) electrons. The summed E-state index contributed by atoms with van der Waals surface area (Å²) in [6, 6.07) is 6.95. The summed E-state index contributed by atoms with van der Waals surface area (Å²) in [5, 5.41) is 1.09.